The number of carbonyl (C=O) groups is 1. The Morgan fingerprint density at radius 3 is 2.72 bits per heavy atom. The van der Waals surface area contributed by atoms with Gasteiger partial charge in [-0.1, -0.05) is 25.6 Å². The second-order valence-electron chi connectivity index (χ2n) is 4.33. The number of aromatic nitrogens is 3. The van der Waals surface area contributed by atoms with Crippen LogP contribution in [-0.2, 0) is 17.8 Å². The minimum Gasteiger partial charge on any atom is -0.481 e. The van der Waals surface area contributed by atoms with E-state index in [1.54, 1.807) is 11.8 Å². The van der Waals surface area contributed by atoms with Gasteiger partial charge in [0.15, 0.2) is 5.16 Å². The Morgan fingerprint density at radius 1 is 1.44 bits per heavy atom. The number of aryl methyl sites for hydroxylation is 1. The van der Waals surface area contributed by atoms with E-state index in [0.29, 0.717) is 11.1 Å². The average Bonchev–Trinajstić information content (AvgIpc) is 2.65. The molecule has 0 aromatic carbocycles. The summed E-state index contributed by atoms with van der Waals surface area (Å²) in [6.07, 6.45) is 2.93. The number of nitrogens with zero attached hydrogens (tertiary/aromatic N) is 3. The Balaban J connectivity index is 2.80. The molecule has 0 spiro atoms. The summed E-state index contributed by atoms with van der Waals surface area (Å²) in [6.45, 7) is 5.09. The second kappa shape index (κ2) is 7.68. The Morgan fingerprint density at radius 2 is 2.17 bits per heavy atom. The highest BCUT2D eigenvalue weighted by Crippen LogP contribution is 2.19. The van der Waals surface area contributed by atoms with Crippen molar-refractivity contribution in [1.29, 1.82) is 0 Å². The summed E-state index contributed by atoms with van der Waals surface area (Å²) in [5, 5.41) is 17.7. The third-order valence-corrected chi connectivity index (χ3v) is 3.76. The molecular formula is C11H19N3O2S2. The maximum atomic E-state index is 10.6. The lowest BCUT2D eigenvalue weighted by atomic mass is 10.2. The normalized spacial score (nSPS) is 11.1. The Hall–Kier alpha value is -0.690. The molecule has 0 amide bonds. The topological polar surface area (TPSA) is 68.0 Å². The van der Waals surface area contributed by atoms with Crippen LogP contribution in [0.15, 0.2) is 5.16 Å². The van der Waals surface area contributed by atoms with Gasteiger partial charge >= 0.3 is 5.97 Å². The van der Waals surface area contributed by atoms with Crippen molar-refractivity contribution in [2.24, 2.45) is 5.92 Å². The van der Waals surface area contributed by atoms with Gasteiger partial charge in [-0.15, -0.1) is 10.2 Å². The molecule has 0 aliphatic carbocycles. The van der Waals surface area contributed by atoms with E-state index in [0.717, 1.165) is 24.5 Å². The maximum absolute atomic E-state index is 10.6. The first-order chi connectivity index (χ1) is 8.54. The zero-order valence-corrected chi connectivity index (χ0v) is 12.6. The average molecular weight is 289 g/mol. The highest BCUT2D eigenvalue weighted by Gasteiger charge is 2.14. The van der Waals surface area contributed by atoms with Crippen LogP contribution in [0.4, 0.5) is 0 Å². The van der Waals surface area contributed by atoms with E-state index < -0.39 is 5.97 Å². The fraction of sp³-hybridized carbons (Fsp3) is 0.727. The number of carboxylic acid groups (broad SMARTS) is 1. The van der Waals surface area contributed by atoms with Gasteiger partial charge in [-0.3, -0.25) is 4.79 Å². The molecule has 102 valence electrons. The van der Waals surface area contributed by atoms with E-state index in [1.807, 2.05) is 0 Å². The minimum atomic E-state index is -0.829. The summed E-state index contributed by atoms with van der Waals surface area (Å²) >= 11 is 3.00. The van der Waals surface area contributed by atoms with Crippen LogP contribution in [-0.4, -0.2) is 43.6 Å². The highest BCUT2D eigenvalue weighted by atomic mass is 32.2. The molecule has 0 radical (unpaired) electrons. The molecule has 0 aliphatic rings. The van der Waals surface area contributed by atoms with Gasteiger partial charge in [0, 0.05) is 18.7 Å². The zero-order chi connectivity index (χ0) is 13.5. The van der Waals surface area contributed by atoms with Crippen LogP contribution in [0.25, 0.3) is 0 Å². The van der Waals surface area contributed by atoms with Crippen LogP contribution in [0.5, 0.6) is 0 Å². The molecular weight excluding hydrogens is 270 g/mol. The summed E-state index contributed by atoms with van der Waals surface area (Å²) in [7, 11) is 0. The summed E-state index contributed by atoms with van der Waals surface area (Å²) in [6, 6.07) is 0. The quantitative estimate of drug-likeness (QED) is 0.738. The third kappa shape index (κ3) is 4.89. The molecule has 0 fully saturated rings. The molecule has 0 atom stereocenters. The van der Waals surface area contributed by atoms with Crippen molar-refractivity contribution in [2.75, 3.05) is 17.8 Å². The van der Waals surface area contributed by atoms with Gasteiger partial charge in [0.25, 0.3) is 0 Å². The molecule has 5 nitrogen and oxygen atoms in total. The Bertz CT molecular complexity index is 394. The van der Waals surface area contributed by atoms with Gasteiger partial charge < -0.3 is 9.67 Å². The number of hydrogen-bond donors (Lipinski definition) is 1. The molecule has 1 aromatic heterocycles. The third-order valence-electron chi connectivity index (χ3n) is 2.20. The van der Waals surface area contributed by atoms with Crippen LogP contribution in [0, 0.1) is 5.92 Å². The predicted octanol–water partition coefficient (Wildman–Crippen LogP) is 2.02. The van der Waals surface area contributed by atoms with Gasteiger partial charge in [-0.2, -0.15) is 11.8 Å². The van der Waals surface area contributed by atoms with Crippen molar-refractivity contribution >= 4 is 29.5 Å². The second-order valence-corrected chi connectivity index (χ2v) is 6.26. The van der Waals surface area contributed by atoms with Crippen molar-refractivity contribution in [1.82, 2.24) is 14.8 Å². The SMILES string of the molecule is CSCCc1nnc(SCC(=O)O)n1CC(C)C. The molecule has 0 saturated heterocycles. The van der Waals surface area contributed by atoms with Crippen LogP contribution in [0.1, 0.15) is 19.7 Å². The molecule has 0 bridgehead atoms. The summed E-state index contributed by atoms with van der Waals surface area (Å²) in [4.78, 5) is 10.6. The number of hydrogen-bond acceptors (Lipinski definition) is 5. The molecule has 1 N–H and O–H groups in total. The van der Waals surface area contributed by atoms with Crippen molar-refractivity contribution in [3.8, 4) is 0 Å². The fourth-order valence-corrected chi connectivity index (χ4v) is 2.55. The van der Waals surface area contributed by atoms with E-state index in [-0.39, 0.29) is 5.75 Å². The van der Waals surface area contributed by atoms with Crippen LogP contribution in [0.3, 0.4) is 0 Å². The first kappa shape index (κ1) is 15.4. The van der Waals surface area contributed by atoms with Crippen molar-refractivity contribution in [2.45, 2.75) is 32.0 Å². The summed E-state index contributed by atoms with van der Waals surface area (Å²) < 4.78 is 2.05. The predicted molar refractivity (Wildman–Crippen MR) is 75.3 cm³/mol. The van der Waals surface area contributed by atoms with E-state index in [9.17, 15) is 4.79 Å². The number of rotatable bonds is 8. The molecule has 1 aromatic rings. The van der Waals surface area contributed by atoms with Gasteiger partial charge in [-0.05, 0) is 12.2 Å². The van der Waals surface area contributed by atoms with E-state index in [1.165, 1.54) is 11.8 Å². The first-order valence-electron chi connectivity index (χ1n) is 5.80. The minimum absolute atomic E-state index is 0.0265. The fourth-order valence-electron chi connectivity index (χ4n) is 1.48. The highest BCUT2D eigenvalue weighted by molar-refractivity contribution is 7.99. The van der Waals surface area contributed by atoms with Crippen molar-refractivity contribution in [3.63, 3.8) is 0 Å². The summed E-state index contributed by atoms with van der Waals surface area (Å²) in [5.41, 5.74) is 0. The molecule has 18 heavy (non-hydrogen) atoms. The molecule has 1 rings (SSSR count). The van der Waals surface area contributed by atoms with Crippen LogP contribution < -0.4 is 0 Å². The first-order valence-corrected chi connectivity index (χ1v) is 8.18. The molecule has 0 unspecified atom stereocenters. The molecule has 0 aliphatic heterocycles. The van der Waals surface area contributed by atoms with Crippen LogP contribution in [0.2, 0.25) is 0 Å². The van der Waals surface area contributed by atoms with Gasteiger partial charge in [-0.25, -0.2) is 0 Å². The number of thioether (sulfide) groups is 2. The van der Waals surface area contributed by atoms with Crippen LogP contribution >= 0.6 is 23.5 Å². The Kier molecular flexibility index (Phi) is 6.56. The Labute approximate surface area is 116 Å². The lowest BCUT2D eigenvalue weighted by molar-refractivity contribution is -0.133. The van der Waals surface area contributed by atoms with E-state index in [2.05, 4.69) is 34.9 Å². The van der Waals surface area contributed by atoms with Gasteiger partial charge in [0.05, 0.1) is 5.75 Å². The lowest BCUT2D eigenvalue weighted by Gasteiger charge is -2.11. The summed E-state index contributed by atoms with van der Waals surface area (Å²) in [5.74, 6) is 1.63. The van der Waals surface area contributed by atoms with Gasteiger partial charge in [0.2, 0.25) is 0 Å². The van der Waals surface area contributed by atoms with E-state index >= 15 is 0 Å². The molecule has 0 saturated carbocycles. The lowest BCUT2D eigenvalue weighted by Crippen LogP contribution is -2.11. The molecule has 7 heteroatoms. The smallest absolute Gasteiger partial charge is 0.313 e. The number of carboxylic acids is 1. The largest absolute Gasteiger partial charge is 0.481 e. The maximum Gasteiger partial charge on any atom is 0.313 e. The monoisotopic (exact) mass is 289 g/mol. The van der Waals surface area contributed by atoms with Crippen molar-refractivity contribution < 1.29 is 9.90 Å². The molecule has 1 heterocycles. The standard InChI is InChI=1S/C11H19N3O2S2/c1-8(2)6-14-9(4-5-17-3)12-13-11(14)18-7-10(15)16/h8H,4-7H2,1-3H3,(H,15,16). The number of aliphatic carboxylic acids is 1. The van der Waals surface area contributed by atoms with E-state index in [4.69, 9.17) is 5.11 Å². The van der Waals surface area contributed by atoms with Gasteiger partial charge in [0.1, 0.15) is 5.82 Å². The zero-order valence-electron chi connectivity index (χ0n) is 10.9. The van der Waals surface area contributed by atoms with Crippen molar-refractivity contribution in [3.05, 3.63) is 5.82 Å².